The molecule has 0 bridgehead atoms. The predicted octanol–water partition coefficient (Wildman–Crippen LogP) is 3.41. The van der Waals surface area contributed by atoms with Gasteiger partial charge in [-0.3, -0.25) is 4.90 Å². The maximum absolute atomic E-state index is 3.59. The molecule has 2 rings (SSSR count). The summed E-state index contributed by atoms with van der Waals surface area (Å²) in [6, 6.07) is 3.11. The van der Waals surface area contributed by atoms with Crippen LogP contribution in [-0.4, -0.2) is 30.6 Å². The zero-order valence-corrected chi connectivity index (χ0v) is 12.6. The lowest BCUT2D eigenvalue weighted by Gasteiger charge is -2.21. The van der Waals surface area contributed by atoms with E-state index in [2.05, 4.69) is 35.5 Å². The molecule has 3 heteroatoms. The first-order valence-corrected chi connectivity index (χ1v) is 8.17. The topological polar surface area (TPSA) is 15.3 Å². The molecule has 18 heavy (non-hydrogen) atoms. The SMILES string of the molecule is CCCCN(CCNCc1sccc1C)C1CC1. The molecule has 0 saturated heterocycles. The second-order valence-corrected chi connectivity index (χ2v) is 6.32. The van der Waals surface area contributed by atoms with Crippen LogP contribution < -0.4 is 5.32 Å². The van der Waals surface area contributed by atoms with Crippen LogP contribution in [0, 0.1) is 6.92 Å². The van der Waals surface area contributed by atoms with E-state index in [1.54, 1.807) is 0 Å². The van der Waals surface area contributed by atoms with Crippen LogP contribution in [0.5, 0.6) is 0 Å². The molecule has 102 valence electrons. The van der Waals surface area contributed by atoms with Gasteiger partial charge in [-0.1, -0.05) is 13.3 Å². The molecule has 1 N–H and O–H groups in total. The van der Waals surface area contributed by atoms with Gasteiger partial charge in [0.1, 0.15) is 0 Å². The average Bonchev–Trinajstić information content (AvgIpc) is 3.13. The van der Waals surface area contributed by atoms with Gasteiger partial charge < -0.3 is 5.32 Å². The van der Waals surface area contributed by atoms with Gasteiger partial charge in [0.2, 0.25) is 0 Å². The van der Waals surface area contributed by atoms with Crippen molar-refractivity contribution in [2.45, 2.75) is 52.1 Å². The van der Waals surface area contributed by atoms with Gasteiger partial charge in [-0.15, -0.1) is 11.3 Å². The summed E-state index contributed by atoms with van der Waals surface area (Å²) in [7, 11) is 0. The van der Waals surface area contributed by atoms with E-state index in [1.807, 2.05) is 11.3 Å². The Labute approximate surface area is 115 Å². The Balaban J connectivity index is 1.62. The van der Waals surface area contributed by atoms with Crippen LogP contribution in [0.1, 0.15) is 43.0 Å². The van der Waals surface area contributed by atoms with E-state index in [-0.39, 0.29) is 0 Å². The average molecular weight is 266 g/mol. The number of hydrogen-bond acceptors (Lipinski definition) is 3. The fourth-order valence-corrected chi connectivity index (χ4v) is 3.16. The predicted molar refractivity (Wildman–Crippen MR) is 80.3 cm³/mol. The molecule has 1 heterocycles. The van der Waals surface area contributed by atoms with Crippen molar-refractivity contribution >= 4 is 11.3 Å². The number of nitrogens with zero attached hydrogens (tertiary/aromatic N) is 1. The Hall–Kier alpha value is -0.380. The Bertz CT molecular complexity index is 344. The maximum Gasteiger partial charge on any atom is 0.0302 e. The highest BCUT2D eigenvalue weighted by Crippen LogP contribution is 2.26. The van der Waals surface area contributed by atoms with Crippen molar-refractivity contribution in [1.29, 1.82) is 0 Å². The number of thiophene rings is 1. The summed E-state index contributed by atoms with van der Waals surface area (Å²) in [5.41, 5.74) is 1.43. The minimum absolute atomic E-state index is 0.904. The second kappa shape index (κ2) is 7.27. The maximum atomic E-state index is 3.59. The van der Waals surface area contributed by atoms with Crippen molar-refractivity contribution in [3.63, 3.8) is 0 Å². The molecule has 2 nitrogen and oxygen atoms in total. The van der Waals surface area contributed by atoms with E-state index in [0.717, 1.165) is 19.1 Å². The van der Waals surface area contributed by atoms with Crippen molar-refractivity contribution in [3.05, 3.63) is 21.9 Å². The molecule has 0 amide bonds. The molecule has 0 atom stereocenters. The van der Waals surface area contributed by atoms with Gasteiger partial charge in [-0.2, -0.15) is 0 Å². The van der Waals surface area contributed by atoms with Crippen LogP contribution in [0.4, 0.5) is 0 Å². The van der Waals surface area contributed by atoms with Gasteiger partial charge in [0.15, 0.2) is 0 Å². The van der Waals surface area contributed by atoms with Crippen LogP contribution in [0.25, 0.3) is 0 Å². The molecule has 1 aliphatic carbocycles. The molecule has 1 aromatic rings. The van der Waals surface area contributed by atoms with E-state index in [0.29, 0.717) is 0 Å². The molecular formula is C15H26N2S. The molecule has 1 fully saturated rings. The highest BCUT2D eigenvalue weighted by atomic mass is 32.1. The Kier molecular flexibility index (Phi) is 5.67. The van der Waals surface area contributed by atoms with E-state index in [1.165, 1.54) is 49.2 Å². The van der Waals surface area contributed by atoms with Gasteiger partial charge in [0.05, 0.1) is 0 Å². The van der Waals surface area contributed by atoms with Gasteiger partial charge in [0, 0.05) is 30.6 Å². The van der Waals surface area contributed by atoms with Crippen molar-refractivity contribution in [3.8, 4) is 0 Å². The standard InChI is InChI=1S/C15H26N2S/c1-3-4-9-17(14-5-6-14)10-8-16-12-15-13(2)7-11-18-15/h7,11,14,16H,3-6,8-10,12H2,1-2H3. The van der Waals surface area contributed by atoms with Crippen molar-refractivity contribution in [1.82, 2.24) is 10.2 Å². The summed E-state index contributed by atoms with van der Waals surface area (Å²) in [4.78, 5) is 4.17. The first-order chi connectivity index (χ1) is 8.81. The minimum atomic E-state index is 0.904. The molecule has 1 saturated carbocycles. The third-order valence-corrected chi connectivity index (χ3v) is 4.71. The van der Waals surface area contributed by atoms with Crippen LogP contribution >= 0.6 is 11.3 Å². The van der Waals surface area contributed by atoms with Crippen molar-refractivity contribution < 1.29 is 0 Å². The van der Waals surface area contributed by atoms with E-state index < -0.39 is 0 Å². The smallest absolute Gasteiger partial charge is 0.0302 e. The van der Waals surface area contributed by atoms with Crippen LogP contribution in [0.2, 0.25) is 0 Å². The zero-order chi connectivity index (χ0) is 12.8. The summed E-state index contributed by atoms with van der Waals surface area (Å²) < 4.78 is 0. The Morgan fingerprint density at radius 1 is 1.39 bits per heavy atom. The second-order valence-electron chi connectivity index (χ2n) is 5.32. The minimum Gasteiger partial charge on any atom is -0.311 e. The number of unbranched alkanes of at least 4 members (excludes halogenated alkanes) is 1. The first kappa shape index (κ1) is 14.0. The van der Waals surface area contributed by atoms with Crippen molar-refractivity contribution in [2.75, 3.05) is 19.6 Å². The van der Waals surface area contributed by atoms with Crippen LogP contribution in [-0.2, 0) is 6.54 Å². The highest BCUT2D eigenvalue weighted by Gasteiger charge is 2.27. The van der Waals surface area contributed by atoms with Gasteiger partial charge in [0.25, 0.3) is 0 Å². The third-order valence-electron chi connectivity index (χ3n) is 3.69. The van der Waals surface area contributed by atoms with Gasteiger partial charge in [-0.05, 0) is 49.7 Å². The van der Waals surface area contributed by atoms with Crippen molar-refractivity contribution in [2.24, 2.45) is 0 Å². The van der Waals surface area contributed by atoms with Crippen LogP contribution in [0.15, 0.2) is 11.4 Å². The summed E-state index contributed by atoms with van der Waals surface area (Å²) in [6.07, 6.45) is 5.51. The highest BCUT2D eigenvalue weighted by molar-refractivity contribution is 7.10. The zero-order valence-electron chi connectivity index (χ0n) is 11.7. The van der Waals surface area contributed by atoms with Gasteiger partial charge in [-0.25, -0.2) is 0 Å². The monoisotopic (exact) mass is 266 g/mol. The Morgan fingerprint density at radius 3 is 2.83 bits per heavy atom. The van der Waals surface area contributed by atoms with E-state index in [4.69, 9.17) is 0 Å². The molecule has 1 aliphatic rings. The molecular weight excluding hydrogens is 240 g/mol. The summed E-state index contributed by atoms with van der Waals surface area (Å²) in [5.74, 6) is 0. The fraction of sp³-hybridized carbons (Fsp3) is 0.733. The number of nitrogens with one attached hydrogen (secondary N) is 1. The molecule has 0 unspecified atom stereocenters. The van der Waals surface area contributed by atoms with E-state index >= 15 is 0 Å². The lowest BCUT2D eigenvalue weighted by molar-refractivity contribution is 0.259. The number of rotatable bonds is 9. The molecule has 1 aromatic heterocycles. The fourth-order valence-electron chi connectivity index (χ4n) is 2.29. The molecule has 0 radical (unpaired) electrons. The molecule has 0 spiro atoms. The third kappa shape index (κ3) is 4.38. The molecule has 0 aromatic carbocycles. The first-order valence-electron chi connectivity index (χ1n) is 7.29. The summed E-state index contributed by atoms with van der Waals surface area (Å²) in [6.45, 7) is 9.15. The van der Waals surface area contributed by atoms with Gasteiger partial charge >= 0.3 is 0 Å². The largest absolute Gasteiger partial charge is 0.311 e. The van der Waals surface area contributed by atoms with Crippen LogP contribution in [0.3, 0.4) is 0 Å². The quantitative estimate of drug-likeness (QED) is 0.689. The number of aryl methyl sites for hydroxylation is 1. The number of hydrogen-bond donors (Lipinski definition) is 1. The van der Waals surface area contributed by atoms with E-state index in [9.17, 15) is 0 Å². The lowest BCUT2D eigenvalue weighted by Crippen LogP contribution is -2.34. The Morgan fingerprint density at radius 2 is 2.22 bits per heavy atom. The lowest BCUT2D eigenvalue weighted by atomic mass is 10.3. The molecule has 0 aliphatic heterocycles. The summed E-state index contributed by atoms with van der Waals surface area (Å²) in [5, 5.41) is 5.77. The normalized spacial score (nSPS) is 15.5. The summed E-state index contributed by atoms with van der Waals surface area (Å²) >= 11 is 1.86.